The number of hydrogen-bond acceptors (Lipinski definition) is 8. The summed E-state index contributed by atoms with van der Waals surface area (Å²) >= 11 is 1.26. The summed E-state index contributed by atoms with van der Waals surface area (Å²) in [6, 6.07) is 15.7. The molecule has 36 heavy (non-hydrogen) atoms. The zero-order chi connectivity index (χ0) is 25.2. The first kappa shape index (κ1) is 23.1. The van der Waals surface area contributed by atoms with Crippen molar-refractivity contribution in [1.29, 1.82) is 0 Å². The highest BCUT2D eigenvalue weighted by molar-refractivity contribution is 7.19. The number of carbonyl (C=O) groups is 1. The first-order valence-electron chi connectivity index (χ1n) is 10.9. The van der Waals surface area contributed by atoms with E-state index in [-0.39, 0.29) is 18.1 Å². The Morgan fingerprint density at radius 1 is 1.11 bits per heavy atom. The van der Waals surface area contributed by atoms with Gasteiger partial charge in [0, 0.05) is 35.2 Å². The van der Waals surface area contributed by atoms with Crippen LogP contribution < -0.4 is 10.1 Å². The minimum atomic E-state index is -0.437. The molecule has 10 nitrogen and oxygen atoms in total. The number of ether oxygens (including phenoxy) is 1. The van der Waals surface area contributed by atoms with Crippen molar-refractivity contribution in [2.45, 2.75) is 13.5 Å². The second kappa shape index (κ2) is 9.55. The number of nitro groups is 1. The van der Waals surface area contributed by atoms with Crippen LogP contribution in [0.3, 0.4) is 0 Å². The van der Waals surface area contributed by atoms with Gasteiger partial charge in [-0.3, -0.25) is 19.3 Å². The monoisotopic (exact) mass is 500 g/mol. The van der Waals surface area contributed by atoms with Gasteiger partial charge in [0.05, 0.1) is 35.7 Å². The maximum Gasteiger partial charge on any atom is 0.270 e. The standard InChI is InChI=1S/C25H20N6O4S/c1-15-23(36-25-29-22(13-30(15)25)17-4-3-5-19(10-17)31(33)34)24(32)26-12-18-11-21(28-14-27-18)16-6-8-20(35-2)9-7-16/h3-11,13-14H,12H2,1-2H3,(H,26,32). The maximum absolute atomic E-state index is 12.9. The second-order valence-corrected chi connectivity index (χ2v) is 8.89. The molecule has 0 bridgehead atoms. The van der Waals surface area contributed by atoms with Crippen LogP contribution in [0.15, 0.2) is 67.1 Å². The number of benzene rings is 2. The fraction of sp³-hybridized carbons (Fsp3) is 0.120. The van der Waals surface area contributed by atoms with Crippen LogP contribution in [-0.4, -0.2) is 37.3 Å². The Balaban J connectivity index is 1.31. The van der Waals surface area contributed by atoms with Crippen LogP contribution in [0, 0.1) is 17.0 Å². The van der Waals surface area contributed by atoms with Crippen molar-refractivity contribution in [3.63, 3.8) is 0 Å². The summed E-state index contributed by atoms with van der Waals surface area (Å²) in [6.07, 6.45) is 3.25. The molecule has 3 heterocycles. The average Bonchev–Trinajstić information content (AvgIpc) is 3.47. The quantitative estimate of drug-likeness (QED) is 0.254. The van der Waals surface area contributed by atoms with E-state index in [9.17, 15) is 14.9 Å². The molecule has 5 aromatic rings. The molecule has 0 aliphatic carbocycles. The van der Waals surface area contributed by atoms with Crippen LogP contribution in [0.1, 0.15) is 21.1 Å². The fourth-order valence-electron chi connectivity index (χ4n) is 3.74. The number of nitrogens with zero attached hydrogens (tertiary/aromatic N) is 5. The van der Waals surface area contributed by atoms with E-state index in [4.69, 9.17) is 4.74 Å². The minimum Gasteiger partial charge on any atom is -0.497 e. The lowest BCUT2D eigenvalue weighted by atomic mass is 10.1. The number of hydrogen-bond donors (Lipinski definition) is 1. The van der Waals surface area contributed by atoms with Crippen LogP contribution in [0.2, 0.25) is 0 Å². The Labute approximate surface area is 209 Å². The van der Waals surface area contributed by atoms with Gasteiger partial charge in [0.25, 0.3) is 11.6 Å². The van der Waals surface area contributed by atoms with E-state index in [1.54, 1.807) is 25.4 Å². The Kier molecular flexibility index (Phi) is 6.13. The highest BCUT2D eigenvalue weighted by Gasteiger charge is 2.19. The predicted octanol–water partition coefficient (Wildman–Crippen LogP) is 4.68. The summed E-state index contributed by atoms with van der Waals surface area (Å²) < 4.78 is 7.01. The summed E-state index contributed by atoms with van der Waals surface area (Å²) in [6.45, 7) is 2.08. The highest BCUT2D eigenvalue weighted by Crippen LogP contribution is 2.29. The third-order valence-corrected chi connectivity index (χ3v) is 6.81. The van der Waals surface area contributed by atoms with Crippen molar-refractivity contribution in [1.82, 2.24) is 24.7 Å². The zero-order valence-electron chi connectivity index (χ0n) is 19.3. The van der Waals surface area contributed by atoms with E-state index >= 15 is 0 Å². The summed E-state index contributed by atoms with van der Waals surface area (Å²) in [5, 5.41) is 14.0. The number of fused-ring (bicyclic) bond motifs is 1. The number of nitrogens with one attached hydrogen (secondary N) is 1. The summed E-state index contributed by atoms with van der Waals surface area (Å²) in [4.78, 5) is 37.9. The molecular formula is C25H20N6O4S. The Morgan fingerprint density at radius 3 is 2.64 bits per heavy atom. The second-order valence-electron chi connectivity index (χ2n) is 7.91. The summed E-state index contributed by atoms with van der Waals surface area (Å²) in [5.74, 6) is 0.527. The molecule has 5 rings (SSSR count). The number of aromatic nitrogens is 4. The number of amides is 1. The van der Waals surface area contributed by atoms with E-state index in [2.05, 4.69) is 20.3 Å². The van der Waals surface area contributed by atoms with Crippen LogP contribution in [0.5, 0.6) is 5.75 Å². The number of non-ortho nitro benzene ring substituents is 1. The predicted molar refractivity (Wildman–Crippen MR) is 135 cm³/mol. The maximum atomic E-state index is 12.9. The van der Waals surface area contributed by atoms with Gasteiger partial charge in [0.2, 0.25) is 0 Å². The Morgan fingerprint density at radius 2 is 1.92 bits per heavy atom. The molecule has 180 valence electrons. The largest absolute Gasteiger partial charge is 0.497 e. The number of methoxy groups -OCH3 is 1. The number of nitro benzene ring substituents is 1. The molecule has 0 aliphatic rings. The first-order valence-corrected chi connectivity index (χ1v) is 11.7. The lowest BCUT2D eigenvalue weighted by Crippen LogP contribution is -2.23. The lowest BCUT2D eigenvalue weighted by molar-refractivity contribution is -0.384. The number of imidazole rings is 1. The Bertz CT molecular complexity index is 1590. The number of rotatable bonds is 7. The minimum absolute atomic E-state index is 0.000475. The van der Waals surface area contributed by atoms with Crippen molar-refractivity contribution >= 4 is 27.9 Å². The van der Waals surface area contributed by atoms with Gasteiger partial charge in [-0.2, -0.15) is 0 Å². The van der Waals surface area contributed by atoms with Gasteiger partial charge < -0.3 is 10.1 Å². The topological polar surface area (TPSA) is 125 Å². The van der Waals surface area contributed by atoms with Crippen molar-refractivity contribution in [2.24, 2.45) is 0 Å². The molecule has 0 spiro atoms. The number of aryl methyl sites for hydroxylation is 1. The third kappa shape index (κ3) is 4.51. The molecular weight excluding hydrogens is 480 g/mol. The highest BCUT2D eigenvalue weighted by atomic mass is 32.1. The molecule has 3 aromatic heterocycles. The normalized spacial score (nSPS) is 10.9. The van der Waals surface area contributed by atoms with Crippen molar-refractivity contribution in [3.05, 3.63) is 93.5 Å². The van der Waals surface area contributed by atoms with Crippen molar-refractivity contribution in [3.8, 4) is 28.3 Å². The number of thiazole rings is 1. The van der Waals surface area contributed by atoms with Crippen LogP contribution in [0.4, 0.5) is 5.69 Å². The van der Waals surface area contributed by atoms with Crippen molar-refractivity contribution in [2.75, 3.05) is 7.11 Å². The SMILES string of the molecule is COc1ccc(-c2cc(CNC(=O)c3sc4nc(-c5cccc([N+](=O)[O-])c5)cn4c3C)ncn2)cc1. The fourth-order valence-corrected chi connectivity index (χ4v) is 4.77. The van der Waals surface area contributed by atoms with E-state index in [1.807, 2.05) is 41.7 Å². The molecule has 0 saturated heterocycles. The van der Waals surface area contributed by atoms with E-state index < -0.39 is 4.92 Å². The van der Waals surface area contributed by atoms with E-state index in [0.29, 0.717) is 26.8 Å². The van der Waals surface area contributed by atoms with Gasteiger partial charge in [-0.15, -0.1) is 0 Å². The average molecular weight is 501 g/mol. The molecule has 0 fully saturated rings. The molecule has 0 aliphatic heterocycles. The zero-order valence-corrected chi connectivity index (χ0v) is 20.2. The van der Waals surface area contributed by atoms with Crippen molar-refractivity contribution < 1.29 is 14.5 Å². The molecule has 2 aromatic carbocycles. The Hall–Kier alpha value is -4.64. The molecule has 11 heteroatoms. The van der Waals surface area contributed by atoms with Gasteiger partial charge in [0.15, 0.2) is 4.96 Å². The molecule has 0 radical (unpaired) electrons. The molecule has 1 amide bonds. The molecule has 1 N–H and O–H groups in total. The van der Waals surface area contributed by atoms with Gasteiger partial charge in [-0.05, 0) is 37.3 Å². The molecule has 0 saturated carbocycles. The number of carbonyl (C=O) groups excluding carboxylic acids is 1. The summed E-state index contributed by atoms with van der Waals surface area (Å²) in [7, 11) is 1.61. The molecule has 0 atom stereocenters. The van der Waals surface area contributed by atoms with Crippen LogP contribution in [0.25, 0.3) is 27.5 Å². The van der Waals surface area contributed by atoms with Crippen LogP contribution >= 0.6 is 11.3 Å². The van der Waals surface area contributed by atoms with Gasteiger partial charge in [-0.25, -0.2) is 15.0 Å². The summed E-state index contributed by atoms with van der Waals surface area (Å²) in [5.41, 5.74) is 4.32. The van der Waals surface area contributed by atoms with Gasteiger partial charge in [0.1, 0.15) is 17.0 Å². The third-order valence-electron chi connectivity index (χ3n) is 5.66. The van der Waals surface area contributed by atoms with Crippen LogP contribution in [-0.2, 0) is 6.54 Å². The molecule has 0 unspecified atom stereocenters. The van der Waals surface area contributed by atoms with Gasteiger partial charge in [-0.1, -0.05) is 23.5 Å². The first-order chi connectivity index (χ1) is 17.4. The smallest absolute Gasteiger partial charge is 0.270 e. The van der Waals surface area contributed by atoms with Gasteiger partial charge >= 0.3 is 0 Å². The van der Waals surface area contributed by atoms with E-state index in [1.165, 1.54) is 29.8 Å². The van der Waals surface area contributed by atoms with E-state index in [0.717, 1.165) is 22.7 Å². The lowest BCUT2D eigenvalue weighted by Gasteiger charge is -2.07.